The first kappa shape index (κ1) is 16.1. The maximum Gasteiger partial charge on any atom is 0.312 e. The zero-order chi connectivity index (χ0) is 16.1. The van der Waals surface area contributed by atoms with Gasteiger partial charge in [0.25, 0.3) is 5.91 Å². The molecule has 2 heterocycles. The highest BCUT2D eigenvalue weighted by molar-refractivity contribution is 5.96. The van der Waals surface area contributed by atoms with Gasteiger partial charge in [-0.1, -0.05) is 0 Å². The summed E-state index contributed by atoms with van der Waals surface area (Å²) in [6, 6.07) is 3.07. The van der Waals surface area contributed by atoms with Gasteiger partial charge in [0.2, 0.25) is 5.88 Å². The molecule has 0 atom stereocenters. The van der Waals surface area contributed by atoms with Crippen LogP contribution in [0.15, 0.2) is 12.1 Å². The first-order chi connectivity index (χ1) is 10.5. The molecule has 0 unspecified atom stereocenters. The van der Waals surface area contributed by atoms with Crippen molar-refractivity contribution in [2.75, 3.05) is 19.7 Å². The summed E-state index contributed by atoms with van der Waals surface area (Å²) < 4.78 is 5.47. The number of amides is 3. The molecule has 120 valence electrons. The third-order valence-corrected chi connectivity index (χ3v) is 3.64. The summed E-state index contributed by atoms with van der Waals surface area (Å²) in [6.45, 7) is 5.32. The second-order valence-corrected chi connectivity index (χ2v) is 5.31. The SMILES string of the molecule is CCOc1nc(C)ccc1C(=O)N1CCC(NC(N)=O)CC1. The van der Waals surface area contributed by atoms with E-state index in [1.165, 1.54) is 0 Å². The molecule has 0 saturated carbocycles. The van der Waals surface area contributed by atoms with Crippen LogP contribution in [0, 0.1) is 6.92 Å². The highest BCUT2D eigenvalue weighted by atomic mass is 16.5. The van der Waals surface area contributed by atoms with Crippen LogP contribution in [0.25, 0.3) is 0 Å². The lowest BCUT2D eigenvalue weighted by molar-refractivity contribution is 0.0703. The normalized spacial score (nSPS) is 15.5. The topological polar surface area (TPSA) is 97.6 Å². The minimum absolute atomic E-state index is 0.0315. The smallest absolute Gasteiger partial charge is 0.312 e. The van der Waals surface area contributed by atoms with Crippen molar-refractivity contribution >= 4 is 11.9 Å². The quantitative estimate of drug-likeness (QED) is 0.869. The van der Waals surface area contributed by atoms with Crippen LogP contribution < -0.4 is 15.8 Å². The fourth-order valence-corrected chi connectivity index (χ4v) is 2.54. The molecule has 3 amide bonds. The molecular weight excluding hydrogens is 284 g/mol. The summed E-state index contributed by atoms with van der Waals surface area (Å²) in [7, 11) is 0. The van der Waals surface area contributed by atoms with Gasteiger partial charge in [-0.25, -0.2) is 9.78 Å². The van der Waals surface area contributed by atoms with Crippen LogP contribution >= 0.6 is 0 Å². The number of carbonyl (C=O) groups excluding carboxylic acids is 2. The lowest BCUT2D eigenvalue weighted by Crippen LogP contribution is -2.48. The van der Waals surface area contributed by atoms with Crippen LogP contribution in [-0.4, -0.2) is 47.6 Å². The Balaban J connectivity index is 2.05. The number of rotatable bonds is 4. The second kappa shape index (κ2) is 7.11. The average molecular weight is 306 g/mol. The Labute approximate surface area is 129 Å². The van der Waals surface area contributed by atoms with Gasteiger partial charge >= 0.3 is 6.03 Å². The van der Waals surface area contributed by atoms with Crippen LogP contribution in [0.4, 0.5) is 4.79 Å². The Bertz CT molecular complexity index is 554. The predicted molar refractivity (Wildman–Crippen MR) is 81.8 cm³/mol. The number of likely N-dealkylation sites (tertiary alicyclic amines) is 1. The van der Waals surface area contributed by atoms with E-state index in [-0.39, 0.29) is 11.9 Å². The number of hydrogen-bond donors (Lipinski definition) is 2. The van der Waals surface area contributed by atoms with Gasteiger partial charge in [-0.15, -0.1) is 0 Å². The van der Waals surface area contributed by atoms with Gasteiger partial charge in [0.15, 0.2) is 0 Å². The highest BCUT2D eigenvalue weighted by Crippen LogP contribution is 2.21. The van der Waals surface area contributed by atoms with Gasteiger partial charge in [-0.3, -0.25) is 4.79 Å². The van der Waals surface area contributed by atoms with Gasteiger partial charge < -0.3 is 20.7 Å². The van der Waals surface area contributed by atoms with E-state index in [1.54, 1.807) is 17.0 Å². The maximum atomic E-state index is 12.6. The van der Waals surface area contributed by atoms with Crippen molar-refractivity contribution in [1.82, 2.24) is 15.2 Å². The minimum atomic E-state index is -0.522. The summed E-state index contributed by atoms with van der Waals surface area (Å²) in [6.07, 6.45) is 1.38. The molecule has 3 N–H and O–H groups in total. The first-order valence-corrected chi connectivity index (χ1v) is 7.47. The molecule has 1 aromatic heterocycles. The van der Waals surface area contributed by atoms with Crippen molar-refractivity contribution < 1.29 is 14.3 Å². The lowest BCUT2D eigenvalue weighted by atomic mass is 10.0. The monoisotopic (exact) mass is 306 g/mol. The number of carbonyl (C=O) groups is 2. The Kier molecular flexibility index (Phi) is 5.19. The standard InChI is InChI=1S/C15H22N4O3/c1-3-22-13-12(5-4-10(2)17-13)14(20)19-8-6-11(7-9-19)18-15(16)21/h4-5,11H,3,6-9H2,1-2H3,(H3,16,18,21). The van der Waals surface area contributed by atoms with Gasteiger partial charge in [0.1, 0.15) is 5.56 Å². The molecule has 7 nitrogen and oxygen atoms in total. The van der Waals surface area contributed by atoms with Crippen molar-refractivity contribution in [1.29, 1.82) is 0 Å². The van der Waals surface area contributed by atoms with E-state index in [0.29, 0.717) is 44.0 Å². The molecule has 1 aliphatic heterocycles. The van der Waals surface area contributed by atoms with Crippen LogP contribution in [0.5, 0.6) is 5.88 Å². The zero-order valence-corrected chi connectivity index (χ0v) is 13.0. The molecule has 7 heteroatoms. The fourth-order valence-electron chi connectivity index (χ4n) is 2.54. The van der Waals surface area contributed by atoms with Gasteiger partial charge in [-0.2, -0.15) is 0 Å². The average Bonchev–Trinajstić information content (AvgIpc) is 2.47. The summed E-state index contributed by atoms with van der Waals surface area (Å²) in [5.74, 6) is 0.290. The summed E-state index contributed by atoms with van der Waals surface area (Å²) in [5, 5.41) is 2.68. The highest BCUT2D eigenvalue weighted by Gasteiger charge is 2.26. The number of nitrogens with zero attached hydrogens (tertiary/aromatic N) is 2. The molecule has 2 rings (SSSR count). The van der Waals surface area contributed by atoms with Crippen molar-refractivity contribution in [2.24, 2.45) is 5.73 Å². The fraction of sp³-hybridized carbons (Fsp3) is 0.533. The number of nitrogens with one attached hydrogen (secondary N) is 1. The molecule has 1 saturated heterocycles. The number of aromatic nitrogens is 1. The van der Waals surface area contributed by atoms with E-state index in [2.05, 4.69) is 10.3 Å². The van der Waals surface area contributed by atoms with Crippen molar-refractivity contribution in [3.05, 3.63) is 23.4 Å². The van der Waals surface area contributed by atoms with E-state index >= 15 is 0 Å². The number of ether oxygens (including phenoxy) is 1. The predicted octanol–water partition coefficient (Wildman–Crippen LogP) is 1.06. The third-order valence-electron chi connectivity index (χ3n) is 3.64. The first-order valence-electron chi connectivity index (χ1n) is 7.47. The number of nitrogens with two attached hydrogens (primary N) is 1. The van der Waals surface area contributed by atoms with E-state index in [9.17, 15) is 9.59 Å². The van der Waals surface area contributed by atoms with E-state index < -0.39 is 6.03 Å². The molecular formula is C15H22N4O3. The van der Waals surface area contributed by atoms with Crippen LogP contribution in [-0.2, 0) is 0 Å². The largest absolute Gasteiger partial charge is 0.477 e. The number of hydrogen-bond acceptors (Lipinski definition) is 4. The molecule has 0 aromatic carbocycles. The van der Waals surface area contributed by atoms with Gasteiger partial charge in [0.05, 0.1) is 6.61 Å². The second-order valence-electron chi connectivity index (χ2n) is 5.31. The Morgan fingerprint density at radius 2 is 2.09 bits per heavy atom. The minimum Gasteiger partial charge on any atom is -0.477 e. The van der Waals surface area contributed by atoms with Crippen LogP contribution in [0.2, 0.25) is 0 Å². The molecule has 0 aliphatic carbocycles. The maximum absolute atomic E-state index is 12.6. The van der Waals surface area contributed by atoms with Gasteiger partial charge in [0, 0.05) is 24.8 Å². The number of piperidine rings is 1. The lowest BCUT2D eigenvalue weighted by Gasteiger charge is -2.32. The van der Waals surface area contributed by atoms with Crippen molar-refractivity contribution in [2.45, 2.75) is 32.7 Å². The van der Waals surface area contributed by atoms with Crippen LogP contribution in [0.3, 0.4) is 0 Å². The Morgan fingerprint density at radius 3 is 2.68 bits per heavy atom. The van der Waals surface area contributed by atoms with Gasteiger partial charge in [-0.05, 0) is 38.8 Å². The van der Waals surface area contributed by atoms with E-state index in [4.69, 9.17) is 10.5 Å². The number of aryl methyl sites for hydroxylation is 1. The summed E-state index contributed by atoms with van der Waals surface area (Å²) >= 11 is 0. The van der Waals surface area contributed by atoms with Crippen LogP contribution in [0.1, 0.15) is 35.8 Å². The van der Waals surface area contributed by atoms with E-state index in [0.717, 1.165) is 5.69 Å². The molecule has 0 spiro atoms. The molecule has 1 aromatic rings. The van der Waals surface area contributed by atoms with Crippen molar-refractivity contribution in [3.8, 4) is 5.88 Å². The Hall–Kier alpha value is -2.31. The van der Waals surface area contributed by atoms with E-state index in [1.807, 2.05) is 13.8 Å². The molecule has 1 aliphatic rings. The third kappa shape index (κ3) is 3.87. The molecule has 1 fully saturated rings. The molecule has 0 radical (unpaired) electrons. The summed E-state index contributed by atoms with van der Waals surface area (Å²) in [5.41, 5.74) is 6.41. The number of pyridine rings is 1. The Morgan fingerprint density at radius 1 is 1.41 bits per heavy atom. The summed E-state index contributed by atoms with van der Waals surface area (Å²) in [4.78, 5) is 29.5. The number of urea groups is 1. The molecule has 0 bridgehead atoms. The zero-order valence-electron chi connectivity index (χ0n) is 13.0. The van der Waals surface area contributed by atoms with Crippen molar-refractivity contribution in [3.63, 3.8) is 0 Å². The number of primary amides is 1. The molecule has 22 heavy (non-hydrogen) atoms.